The molecule has 0 fully saturated rings. The molecule has 0 N–H and O–H groups in total. The van der Waals surface area contributed by atoms with Gasteiger partial charge in [0.15, 0.2) is 0 Å². The molecule has 0 aromatic heterocycles. The Morgan fingerprint density at radius 1 is 0.523 bits per heavy atom. The second kappa shape index (κ2) is 23.7. The second-order valence-electron chi connectivity index (χ2n) is 14.9. The van der Waals surface area contributed by atoms with E-state index in [-0.39, 0.29) is 23.9 Å². The van der Waals surface area contributed by atoms with Crippen molar-refractivity contribution in [1.29, 1.82) is 0 Å². The molecule has 0 atom stereocenters. The third kappa shape index (κ3) is 30.1. The Bertz CT molecular complexity index is 762. The number of hydrogen-bond acceptors (Lipinski definition) is 8. The Labute approximate surface area is 280 Å². The standard InChI is InChI=1S/2C10H20O2.2C4H9.2C2H4O2.2CH3.2Sn/c2*1-10(2,3)8-6-4-5-7-9(11)12;2*1-3-4-2;2*1-2(3)4;;;;/h2*4-8H2,1-3H3,(H,11,12);2*1,3-4H2,2H3;2*1H3,(H,3,4);2*1H3;;/q;;;;;;;;2*+2/p-4. The minimum atomic E-state index is -3.51. The first kappa shape index (κ1) is 45.6. The van der Waals surface area contributed by atoms with Crippen molar-refractivity contribution in [3.8, 4) is 0 Å². The summed E-state index contributed by atoms with van der Waals surface area (Å²) in [6, 6.07) is 0. The summed E-state index contributed by atoms with van der Waals surface area (Å²) >= 11 is -7.00. The van der Waals surface area contributed by atoms with Crippen molar-refractivity contribution in [3.63, 3.8) is 0 Å². The normalized spacial score (nSPS) is 12.1. The third-order valence-electron chi connectivity index (χ3n) is 6.82. The van der Waals surface area contributed by atoms with Gasteiger partial charge in [0.25, 0.3) is 0 Å². The summed E-state index contributed by atoms with van der Waals surface area (Å²) in [5.74, 6) is -1.03. The molecule has 0 unspecified atom stereocenters. The van der Waals surface area contributed by atoms with Crippen molar-refractivity contribution in [2.75, 3.05) is 0 Å². The van der Waals surface area contributed by atoms with Crippen LogP contribution >= 0.6 is 0 Å². The zero-order chi connectivity index (χ0) is 34.5. The molecule has 8 nitrogen and oxygen atoms in total. The van der Waals surface area contributed by atoms with Crippen LogP contribution in [0.25, 0.3) is 0 Å². The molecule has 0 amide bonds. The van der Waals surface area contributed by atoms with Gasteiger partial charge in [0, 0.05) is 0 Å². The van der Waals surface area contributed by atoms with Crippen LogP contribution in [0, 0.1) is 10.8 Å². The molecule has 0 rings (SSSR count). The molecule has 0 spiro atoms. The van der Waals surface area contributed by atoms with E-state index in [1.54, 1.807) is 0 Å². The average molecular weight is 842 g/mol. The fourth-order valence-corrected chi connectivity index (χ4v) is 18.6. The van der Waals surface area contributed by atoms with E-state index in [0.29, 0.717) is 23.7 Å². The summed E-state index contributed by atoms with van der Waals surface area (Å²) < 4.78 is 23.6. The van der Waals surface area contributed by atoms with Gasteiger partial charge in [-0.3, -0.25) is 0 Å². The zero-order valence-electron chi connectivity index (χ0n) is 30.6. The van der Waals surface area contributed by atoms with E-state index in [0.717, 1.165) is 73.1 Å². The van der Waals surface area contributed by atoms with E-state index in [1.165, 1.54) is 26.7 Å². The van der Waals surface area contributed by atoms with E-state index < -0.39 is 38.4 Å². The monoisotopic (exact) mass is 844 g/mol. The van der Waals surface area contributed by atoms with Gasteiger partial charge in [-0.05, 0) is 0 Å². The topological polar surface area (TPSA) is 105 Å². The summed E-state index contributed by atoms with van der Waals surface area (Å²) in [7, 11) is 0. The zero-order valence-corrected chi connectivity index (χ0v) is 36.3. The number of carbonyl (C=O) groups is 4. The van der Waals surface area contributed by atoms with Crippen molar-refractivity contribution in [2.45, 2.75) is 178 Å². The van der Waals surface area contributed by atoms with Crippen LogP contribution in [-0.4, -0.2) is 62.3 Å². The Balaban J connectivity index is 0. The van der Waals surface area contributed by atoms with Gasteiger partial charge in [-0.1, -0.05) is 0 Å². The van der Waals surface area contributed by atoms with Crippen molar-refractivity contribution in [3.05, 3.63) is 0 Å². The van der Waals surface area contributed by atoms with Crippen LogP contribution in [0.15, 0.2) is 0 Å². The van der Waals surface area contributed by atoms with Gasteiger partial charge < -0.3 is 0 Å². The first-order valence-corrected chi connectivity index (χ1v) is 31.4. The second-order valence-corrected chi connectivity index (χ2v) is 33.3. The number of carbonyl (C=O) groups excluding carboxylic acids is 4. The predicted molar refractivity (Wildman–Crippen MR) is 183 cm³/mol. The molecule has 0 aliphatic rings. The molecular formula is C34H68O8Sn2. The third-order valence-corrected chi connectivity index (χ3v) is 21.1. The van der Waals surface area contributed by atoms with Crippen LogP contribution in [0.2, 0.25) is 18.8 Å². The van der Waals surface area contributed by atoms with E-state index in [1.807, 2.05) is 9.88 Å². The molecule has 0 saturated carbocycles. The molecule has 0 saturated heterocycles. The van der Waals surface area contributed by atoms with Crippen LogP contribution in [0.3, 0.4) is 0 Å². The summed E-state index contributed by atoms with van der Waals surface area (Å²) in [6.45, 7) is 20.4. The van der Waals surface area contributed by atoms with Gasteiger partial charge in [-0.2, -0.15) is 0 Å². The first-order chi connectivity index (χ1) is 20.2. The fourth-order valence-electron chi connectivity index (χ4n) is 4.64. The number of unbranched alkanes of at least 4 members (excludes halogenated alkanes) is 6. The Morgan fingerprint density at radius 3 is 1.14 bits per heavy atom. The molecule has 0 bridgehead atoms. The van der Waals surface area contributed by atoms with E-state index >= 15 is 0 Å². The summed E-state index contributed by atoms with van der Waals surface area (Å²) in [6.07, 6.45) is 13.2. The maximum absolute atomic E-state index is 12.0. The molecule has 0 aliphatic heterocycles. The van der Waals surface area contributed by atoms with Crippen LogP contribution in [0.5, 0.6) is 0 Å². The molecule has 0 aromatic rings. The molecule has 0 aliphatic carbocycles. The molecule has 0 heterocycles. The van der Waals surface area contributed by atoms with Gasteiger partial charge in [0.1, 0.15) is 0 Å². The molecule has 10 heteroatoms. The van der Waals surface area contributed by atoms with Crippen molar-refractivity contribution in [2.24, 2.45) is 10.8 Å². The molecular weight excluding hydrogens is 774 g/mol. The van der Waals surface area contributed by atoms with Crippen molar-refractivity contribution in [1.82, 2.24) is 0 Å². The minimum absolute atomic E-state index is 0.204. The van der Waals surface area contributed by atoms with Gasteiger partial charge >= 0.3 is 282 Å². The predicted octanol–water partition coefficient (Wildman–Crippen LogP) is 9.92. The Hall–Kier alpha value is -0.523. The average Bonchev–Trinajstić information content (AvgIpc) is 2.83. The maximum atomic E-state index is 12.0. The first-order valence-electron chi connectivity index (χ1n) is 17.0. The Morgan fingerprint density at radius 2 is 0.864 bits per heavy atom. The SMILES string of the molecule is CC(C)(C)CCCCCC(=O)[O][Sn]([CH3])([CH3])[O]C(=O)CCCCCC(C)(C)C.CCC[CH2][Sn]([CH2]CCC)([O]C(C)=O)[O]C(C)=O. The number of rotatable bonds is 20. The van der Waals surface area contributed by atoms with Crippen molar-refractivity contribution < 1.29 is 31.5 Å². The van der Waals surface area contributed by atoms with Gasteiger partial charge in [-0.25, -0.2) is 0 Å². The van der Waals surface area contributed by atoms with E-state index in [2.05, 4.69) is 55.4 Å². The van der Waals surface area contributed by atoms with E-state index in [9.17, 15) is 19.2 Å². The molecule has 0 radical (unpaired) electrons. The Kier molecular flexibility index (Phi) is 24.6. The fraction of sp³-hybridized carbons (Fsp3) is 0.882. The number of hydrogen-bond donors (Lipinski definition) is 0. The van der Waals surface area contributed by atoms with Crippen LogP contribution in [0.4, 0.5) is 0 Å². The van der Waals surface area contributed by atoms with Crippen LogP contribution in [0.1, 0.15) is 159 Å². The van der Waals surface area contributed by atoms with Crippen molar-refractivity contribution >= 4 is 62.3 Å². The van der Waals surface area contributed by atoms with Crippen LogP contribution in [-0.2, 0) is 31.5 Å². The molecule has 0 aromatic carbocycles. The van der Waals surface area contributed by atoms with Gasteiger partial charge in [0.05, 0.1) is 0 Å². The summed E-state index contributed by atoms with van der Waals surface area (Å²) in [5, 5.41) is 0. The van der Waals surface area contributed by atoms with Gasteiger partial charge in [0.2, 0.25) is 0 Å². The van der Waals surface area contributed by atoms with Crippen LogP contribution < -0.4 is 0 Å². The quantitative estimate of drug-likeness (QED) is 0.0882. The van der Waals surface area contributed by atoms with Gasteiger partial charge in [-0.15, -0.1) is 0 Å². The summed E-state index contributed by atoms with van der Waals surface area (Å²) in [4.78, 5) is 50.2. The van der Waals surface area contributed by atoms with E-state index in [4.69, 9.17) is 12.3 Å². The molecule has 260 valence electrons. The molecule has 44 heavy (non-hydrogen) atoms. The summed E-state index contributed by atoms with van der Waals surface area (Å²) in [5.41, 5.74) is 0.694.